The molecule has 0 aliphatic rings. The summed E-state index contributed by atoms with van der Waals surface area (Å²) in [6, 6.07) is 5.35. The molecule has 0 aliphatic carbocycles. The molecule has 0 radical (unpaired) electrons. The van der Waals surface area contributed by atoms with E-state index in [1.807, 2.05) is 0 Å². The van der Waals surface area contributed by atoms with Crippen molar-refractivity contribution in [2.24, 2.45) is 0 Å². The first-order valence-corrected chi connectivity index (χ1v) is 4.21. The van der Waals surface area contributed by atoms with Gasteiger partial charge in [0, 0.05) is 18.5 Å². The monoisotopic (exact) mass is 191 g/mol. The summed E-state index contributed by atoms with van der Waals surface area (Å²) < 4.78 is 12.5. The highest BCUT2D eigenvalue weighted by Crippen LogP contribution is 2.02. The fourth-order valence-corrected chi connectivity index (χ4v) is 0.952. The van der Waals surface area contributed by atoms with E-state index in [9.17, 15) is 9.18 Å². The van der Waals surface area contributed by atoms with Crippen molar-refractivity contribution < 1.29 is 9.18 Å². The Bertz CT molecular complexity index is 351. The summed E-state index contributed by atoms with van der Waals surface area (Å²) in [5, 5.41) is 2.62. The predicted molar refractivity (Wildman–Crippen MR) is 52.2 cm³/mol. The molecule has 2 nitrogen and oxygen atoms in total. The number of rotatable bonds is 3. The van der Waals surface area contributed by atoms with Crippen LogP contribution in [0.15, 0.2) is 24.3 Å². The fourth-order valence-electron chi connectivity index (χ4n) is 0.952. The molecule has 72 valence electrons. The average Bonchev–Trinajstić information content (AvgIpc) is 2.19. The number of terminal acetylenes is 1. The van der Waals surface area contributed by atoms with Gasteiger partial charge in [0.25, 0.3) is 5.91 Å². The van der Waals surface area contributed by atoms with Gasteiger partial charge in [-0.25, -0.2) is 4.39 Å². The van der Waals surface area contributed by atoms with E-state index in [4.69, 9.17) is 6.42 Å². The highest BCUT2D eigenvalue weighted by molar-refractivity contribution is 5.94. The molecular formula is C11H10FNO. The highest BCUT2D eigenvalue weighted by atomic mass is 19.1. The van der Waals surface area contributed by atoms with Crippen molar-refractivity contribution in [1.29, 1.82) is 0 Å². The molecule has 0 bridgehead atoms. The van der Waals surface area contributed by atoms with Crippen LogP contribution in [-0.4, -0.2) is 12.5 Å². The Morgan fingerprint density at radius 1 is 1.43 bits per heavy atom. The van der Waals surface area contributed by atoms with Gasteiger partial charge < -0.3 is 5.32 Å². The first kappa shape index (κ1) is 10.3. The van der Waals surface area contributed by atoms with Crippen molar-refractivity contribution in [1.82, 2.24) is 5.32 Å². The SMILES string of the molecule is C#CCCNC(=O)c1ccc(F)cc1. The normalized spacial score (nSPS) is 9.14. The summed E-state index contributed by atoms with van der Waals surface area (Å²) in [6.07, 6.45) is 5.52. The smallest absolute Gasteiger partial charge is 0.251 e. The van der Waals surface area contributed by atoms with Crippen molar-refractivity contribution >= 4 is 5.91 Å². The Kier molecular flexibility index (Phi) is 3.69. The molecule has 0 atom stereocenters. The summed E-state index contributed by atoms with van der Waals surface area (Å²) >= 11 is 0. The topological polar surface area (TPSA) is 29.1 Å². The van der Waals surface area contributed by atoms with E-state index in [1.165, 1.54) is 24.3 Å². The molecule has 0 aliphatic heterocycles. The standard InChI is InChI=1S/C11H10FNO/c1-2-3-8-13-11(14)9-4-6-10(12)7-5-9/h1,4-7H,3,8H2,(H,13,14). The molecule has 0 spiro atoms. The summed E-state index contributed by atoms with van der Waals surface area (Å²) in [4.78, 5) is 11.3. The molecule has 0 aromatic heterocycles. The molecule has 1 aromatic rings. The minimum atomic E-state index is -0.356. The summed E-state index contributed by atoms with van der Waals surface area (Å²) in [6.45, 7) is 0.437. The number of hydrogen-bond acceptors (Lipinski definition) is 1. The second-order valence-corrected chi connectivity index (χ2v) is 2.72. The molecule has 14 heavy (non-hydrogen) atoms. The minimum Gasteiger partial charge on any atom is -0.351 e. The maximum absolute atomic E-state index is 12.5. The van der Waals surface area contributed by atoms with Crippen LogP contribution in [0.25, 0.3) is 0 Å². The number of carbonyl (C=O) groups is 1. The van der Waals surface area contributed by atoms with Crippen LogP contribution in [0.2, 0.25) is 0 Å². The van der Waals surface area contributed by atoms with Crippen molar-refractivity contribution in [2.45, 2.75) is 6.42 Å². The first-order chi connectivity index (χ1) is 6.74. The zero-order valence-electron chi connectivity index (χ0n) is 7.59. The number of carbonyl (C=O) groups excluding carboxylic acids is 1. The van der Waals surface area contributed by atoms with Gasteiger partial charge in [0.05, 0.1) is 0 Å². The van der Waals surface area contributed by atoms with Crippen LogP contribution in [-0.2, 0) is 0 Å². The van der Waals surface area contributed by atoms with Crippen molar-refractivity contribution in [3.8, 4) is 12.3 Å². The summed E-state index contributed by atoms with van der Waals surface area (Å²) in [7, 11) is 0. The van der Waals surface area contributed by atoms with Crippen molar-refractivity contribution in [2.75, 3.05) is 6.54 Å². The Hall–Kier alpha value is -1.82. The molecular weight excluding hydrogens is 181 g/mol. The molecule has 0 saturated heterocycles. The molecule has 1 rings (SSSR count). The first-order valence-electron chi connectivity index (χ1n) is 4.21. The van der Waals surface area contributed by atoms with Crippen molar-refractivity contribution in [3.05, 3.63) is 35.6 Å². The Morgan fingerprint density at radius 3 is 2.64 bits per heavy atom. The number of halogens is 1. The van der Waals surface area contributed by atoms with Crippen LogP contribution in [0.4, 0.5) is 4.39 Å². The molecule has 3 heteroatoms. The summed E-state index contributed by atoms with van der Waals surface area (Å²) in [5.41, 5.74) is 0.434. The molecule has 1 aromatic carbocycles. The van der Waals surface area contributed by atoms with Crippen LogP contribution in [0.5, 0.6) is 0 Å². The zero-order valence-corrected chi connectivity index (χ0v) is 7.59. The Balaban J connectivity index is 2.53. The third-order valence-corrected chi connectivity index (χ3v) is 1.66. The average molecular weight is 191 g/mol. The van der Waals surface area contributed by atoms with Gasteiger partial charge in [-0.15, -0.1) is 12.3 Å². The number of benzene rings is 1. The largest absolute Gasteiger partial charge is 0.351 e. The molecule has 0 unspecified atom stereocenters. The Labute approximate surface area is 82.1 Å². The zero-order chi connectivity index (χ0) is 10.4. The lowest BCUT2D eigenvalue weighted by molar-refractivity contribution is 0.0954. The van der Waals surface area contributed by atoms with E-state index >= 15 is 0 Å². The van der Waals surface area contributed by atoms with Gasteiger partial charge >= 0.3 is 0 Å². The second-order valence-electron chi connectivity index (χ2n) is 2.72. The van der Waals surface area contributed by atoms with E-state index in [2.05, 4.69) is 11.2 Å². The Morgan fingerprint density at radius 2 is 2.07 bits per heavy atom. The van der Waals surface area contributed by atoms with Crippen LogP contribution >= 0.6 is 0 Å². The second kappa shape index (κ2) is 5.03. The van der Waals surface area contributed by atoms with Crippen LogP contribution in [0.3, 0.4) is 0 Å². The quantitative estimate of drug-likeness (QED) is 0.570. The fraction of sp³-hybridized carbons (Fsp3) is 0.182. The van der Waals surface area contributed by atoms with E-state index in [-0.39, 0.29) is 11.7 Å². The number of hydrogen-bond donors (Lipinski definition) is 1. The summed E-state index contributed by atoms with van der Waals surface area (Å²) in [5.74, 6) is 1.82. The van der Waals surface area contributed by atoms with Gasteiger partial charge in [-0.05, 0) is 24.3 Å². The third-order valence-electron chi connectivity index (χ3n) is 1.66. The van der Waals surface area contributed by atoms with Gasteiger partial charge in [-0.2, -0.15) is 0 Å². The maximum Gasteiger partial charge on any atom is 0.251 e. The van der Waals surface area contributed by atoms with Gasteiger partial charge in [-0.3, -0.25) is 4.79 Å². The third kappa shape index (κ3) is 2.91. The molecule has 1 amide bonds. The lowest BCUT2D eigenvalue weighted by atomic mass is 10.2. The lowest BCUT2D eigenvalue weighted by Gasteiger charge is -2.02. The highest BCUT2D eigenvalue weighted by Gasteiger charge is 2.03. The molecule has 1 N–H and O–H groups in total. The van der Waals surface area contributed by atoms with Gasteiger partial charge in [0.15, 0.2) is 0 Å². The van der Waals surface area contributed by atoms with Crippen LogP contribution in [0.1, 0.15) is 16.8 Å². The van der Waals surface area contributed by atoms with E-state index in [0.717, 1.165) is 0 Å². The van der Waals surface area contributed by atoms with Crippen LogP contribution < -0.4 is 5.32 Å². The van der Waals surface area contributed by atoms with Gasteiger partial charge in [0.2, 0.25) is 0 Å². The number of nitrogens with one attached hydrogen (secondary N) is 1. The molecule has 0 heterocycles. The van der Waals surface area contributed by atoms with E-state index < -0.39 is 0 Å². The van der Waals surface area contributed by atoms with Crippen molar-refractivity contribution in [3.63, 3.8) is 0 Å². The minimum absolute atomic E-state index is 0.236. The maximum atomic E-state index is 12.5. The van der Waals surface area contributed by atoms with E-state index in [0.29, 0.717) is 18.5 Å². The lowest BCUT2D eigenvalue weighted by Crippen LogP contribution is -2.24. The van der Waals surface area contributed by atoms with Crippen LogP contribution in [0, 0.1) is 18.2 Å². The van der Waals surface area contributed by atoms with Gasteiger partial charge in [0.1, 0.15) is 5.82 Å². The number of amides is 1. The van der Waals surface area contributed by atoms with E-state index in [1.54, 1.807) is 0 Å². The predicted octanol–water partition coefficient (Wildman–Crippen LogP) is 1.58. The molecule has 0 fully saturated rings. The molecule has 0 saturated carbocycles. The van der Waals surface area contributed by atoms with Gasteiger partial charge in [-0.1, -0.05) is 0 Å².